The number of carbonyl (C=O) groups excluding carboxylic acids is 1. The molecule has 1 aliphatic rings. The van der Waals surface area contributed by atoms with E-state index in [0.717, 1.165) is 16.9 Å². The third-order valence-corrected chi connectivity index (χ3v) is 6.67. The molecule has 0 heterocycles. The minimum atomic E-state index is -3.97. The maximum absolute atomic E-state index is 12.9. The lowest BCUT2D eigenvalue weighted by molar-refractivity contribution is -0.137. The Balaban J connectivity index is 1.92. The van der Waals surface area contributed by atoms with E-state index < -0.39 is 27.9 Å². The second-order valence-electron chi connectivity index (χ2n) is 6.91. The number of nitrogens with two attached hydrogens (primary N) is 1. The molecule has 2 aromatic carbocycles. The predicted octanol–water partition coefficient (Wildman–Crippen LogP) is 2.49. The number of carboxylic acid groups (broad SMARTS) is 1. The molecule has 2 aromatic rings. The topological polar surface area (TPSA) is 127 Å². The highest BCUT2D eigenvalue weighted by Gasteiger charge is 2.25. The molecule has 154 valence electrons. The summed E-state index contributed by atoms with van der Waals surface area (Å²) >= 11 is 1.56. The maximum Gasteiger partial charge on any atom is 0.305 e. The number of rotatable bonds is 7. The van der Waals surface area contributed by atoms with Crippen LogP contribution in [0.3, 0.4) is 0 Å². The summed E-state index contributed by atoms with van der Waals surface area (Å²) in [4.78, 5) is 25.2. The zero-order valence-corrected chi connectivity index (χ0v) is 17.5. The fraction of sp³-hybridized carbons (Fsp3) is 0.300. The summed E-state index contributed by atoms with van der Waals surface area (Å²) in [6.07, 6.45) is 3.71. The number of aliphatic carboxylic acids is 1. The largest absolute Gasteiger partial charge is 0.481 e. The number of amides is 1. The SMILES string of the molecule is CSc1ccc([C@@H](CC(=O)O)NC(=O)c2cc3c(c(S(N)(=O)=O)c2)CCC3)cc1. The van der Waals surface area contributed by atoms with Crippen LogP contribution in [0.2, 0.25) is 0 Å². The quantitative estimate of drug-likeness (QED) is 0.575. The molecular weight excluding hydrogens is 412 g/mol. The molecule has 0 radical (unpaired) electrons. The molecule has 4 N–H and O–H groups in total. The molecule has 3 rings (SSSR count). The van der Waals surface area contributed by atoms with E-state index in [4.69, 9.17) is 5.14 Å². The number of aryl methyl sites for hydroxylation is 1. The number of fused-ring (bicyclic) bond motifs is 1. The van der Waals surface area contributed by atoms with Gasteiger partial charge in [-0.2, -0.15) is 0 Å². The molecule has 0 spiro atoms. The summed E-state index contributed by atoms with van der Waals surface area (Å²) in [5.41, 5.74) is 2.27. The molecule has 0 unspecified atom stereocenters. The second-order valence-corrected chi connectivity index (χ2v) is 9.32. The van der Waals surface area contributed by atoms with Crippen molar-refractivity contribution in [1.82, 2.24) is 5.32 Å². The van der Waals surface area contributed by atoms with Gasteiger partial charge in [0.05, 0.1) is 17.4 Å². The van der Waals surface area contributed by atoms with Gasteiger partial charge in [-0.3, -0.25) is 9.59 Å². The van der Waals surface area contributed by atoms with Gasteiger partial charge in [0, 0.05) is 10.5 Å². The summed E-state index contributed by atoms with van der Waals surface area (Å²) in [6, 6.07) is 9.47. The van der Waals surface area contributed by atoms with Gasteiger partial charge < -0.3 is 10.4 Å². The van der Waals surface area contributed by atoms with E-state index in [1.165, 1.54) is 6.07 Å². The van der Waals surface area contributed by atoms with Crippen molar-refractivity contribution in [2.75, 3.05) is 6.26 Å². The van der Waals surface area contributed by atoms with Crippen molar-refractivity contribution in [3.63, 3.8) is 0 Å². The van der Waals surface area contributed by atoms with E-state index in [1.807, 2.05) is 18.4 Å². The Morgan fingerprint density at radius 3 is 2.48 bits per heavy atom. The minimum absolute atomic E-state index is 0.0308. The molecule has 1 aliphatic carbocycles. The molecular formula is C20H22N2O5S2. The standard InChI is InChI=1S/C20H22N2O5S2/c1-28-15-7-5-12(6-8-15)17(11-19(23)24)22-20(25)14-9-13-3-2-4-16(13)18(10-14)29(21,26)27/h5-10,17H,2-4,11H2,1H3,(H,22,25)(H,23,24)(H2,21,26,27)/t17-/m1/s1. The summed E-state index contributed by atoms with van der Waals surface area (Å²) < 4.78 is 24.0. The molecule has 1 amide bonds. The molecule has 0 fully saturated rings. The van der Waals surface area contributed by atoms with E-state index in [9.17, 15) is 23.1 Å². The van der Waals surface area contributed by atoms with Crippen molar-refractivity contribution >= 4 is 33.7 Å². The molecule has 7 nitrogen and oxygen atoms in total. The lowest BCUT2D eigenvalue weighted by Crippen LogP contribution is -2.30. The highest BCUT2D eigenvalue weighted by molar-refractivity contribution is 7.98. The van der Waals surface area contributed by atoms with Crippen LogP contribution in [0.4, 0.5) is 0 Å². The summed E-state index contributed by atoms with van der Waals surface area (Å²) in [5.74, 6) is -1.59. The number of carbonyl (C=O) groups is 2. The maximum atomic E-state index is 12.9. The van der Waals surface area contributed by atoms with Gasteiger partial charge in [0.2, 0.25) is 10.0 Å². The molecule has 0 aliphatic heterocycles. The lowest BCUT2D eigenvalue weighted by atomic mass is 10.0. The smallest absolute Gasteiger partial charge is 0.305 e. The van der Waals surface area contributed by atoms with Gasteiger partial charge >= 0.3 is 5.97 Å². The van der Waals surface area contributed by atoms with Gasteiger partial charge in [-0.05, 0) is 66.5 Å². The first-order valence-electron chi connectivity index (χ1n) is 9.04. The number of carboxylic acids is 1. The number of benzene rings is 2. The first kappa shape index (κ1) is 21.4. The van der Waals surface area contributed by atoms with Crippen molar-refractivity contribution < 1.29 is 23.1 Å². The Morgan fingerprint density at radius 1 is 1.21 bits per heavy atom. The second kappa shape index (κ2) is 8.56. The molecule has 29 heavy (non-hydrogen) atoms. The van der Waals surface area contributed by atoms with E-state index in [0.29, 0.717) is 24.0 Å². The Hall–Kier alpha value is -2.36. The number of sulfonamides is 1. The summed E-state index contributed by atoms with van der Waals surface area (Å²) in [7, 11) is -3.97. The van der Waals surface area contributed by atoms with E-state index in [2.05, 4.69) is 5.32 Å². The van der Waals surface area contributed by atoms with Crippen molar-refractivity contribution in [2.45, 2.75) is 41.5 Å². The van der Waals surface area contributed by atoms with Gasteiger partial charge in [0.1, 0.15) is 0 Å². The van der Waals surface area contributed by atoms with Crippen molar-refractivity contribution in [2.24, 2.45) is 5.14 Å². The van der Waals surface area contributed by atoms with Gasteiger partial charge in [0.15, 0.2) is 0 Å². The first-order chi connectivity index (χ1) is 13.7. The molecule has 9 heteroatoms. The zero-order valence-electron chi connectivity index (χ0n) is 15.8. The van der Waals surface area contributed by atoms with Crippen LogP contribution in [0.1, 0.15) is 45.9 Å². The third-order valence-electron chi connectivity index (χ3n) is 4.95. The molecule has 0 saturated heterocycles. The Labute approximate surface area is 173 Å². The van der Waals surface area contributed by atoms with E-state index >= 15 is 0 Å². The normalized spacial score (nSPS) is 14.3. The van der Waals surface area contributed by atoms with E-state index in [1.54, 1.807) is 30.0 Å². The predicted molar refractivity (Wildman–Crippen MR) is 111 cm³/mol. The van der Waals surface area contributed by atoms with Gasteiger partial charge in [0.25, 0.3) is 5.91 Å². The average Bonchev–Trinajstić information content (AvgIpc) is 3.14. The van der Waals surface area contributed by atoms with Crippen molar-refractivity contribution in [3.8, 4) is 0 Å². The number of thioether (sulfide) groups is 1. The Kier molecular flexibility index (Phi) is 6.30. The number of nitrogens with one attached hydrogen (secondary N) is 1. The minimum Gasteiger partial charge on any atom is -0.481 e. The van der Waals surface area contributed by atoms with Gasteiger partial charge in [-0.1, -0.05) is 12.1 Å². The van der Waals surface area contributed by atoms with Crippen molar-refractivity contribution in [1.29, 1.82) is 0 Å². The number of hydrogen-bond acceptors (Lipinski definition) is 5. The Bertz CT molecular complexity index is 1050. The van der Waals surface area contributed by atoms with E-state index in [-0.39, 0.29) is 16.9 Å². The van der Waals surface area contributed by atoms with Crippen LogP contribution in [0, 0.1) is 0 Å². The average molecular weight is 435 g/mol. The monoisotopic (exact) mass is 434 g/mol. The van der Waals surface area contributed by atoms with Crippen LogP contribution in [0.5, 0.6) is 0 Å². The molecule has 0 aromatic heterocycles. The molecule has 0 saturated carbocycles. The zero-order chi connectivity index (χ0) is 21.2. The number of hydrogen-bond donors (Lipinski definition) is 3. The fourth-order valence-electron chi connectivity index (χ4n) is 3.56. The third kappa shape index (κ3) is 4.98. The van der Waals surface area contributed by atoms with Gasteiger partial charge in [-0.25, -0.2) is 13.6 Å². The summed E-state index contributed by atoms with van der Waals surface area (Å²) in [6.45, 7) is 0. The van der Waals surface area contributed by atoms with Crippen LogP contribution in [0.25, 0.3) is 0 Å². The molecule has 0 bridgehead atoms. The molecule has 1 atom stereocenters. The highest BCUT2D eigenvalue weighted by atomic mass is 32.2. The fourth-order valence-corrected chi connectivity index (χ4v) is 4.83. The van der Waals surface area contributed by atoms with Crippen LogP contribution in [-0.2, 0) is 27.7 Å². The number of primary sulfonamides is 1. The van der Waals surface area contributed by atoms with Gasteiger partial charge in [-0.15, -0.1) is 11.8 Å². The Morgan fingerprint density at radius 2 is 1.90 bits per heavy atom. The highest BCUT2D eigenvalue weighted by Crippen LogP contribution is 2.30. The van der Waals surface area contributed by atoms with Crippen LogP contribution < -0.4 is 10.5 Å². The van der Waals surface area contributed by atoms with Crippen LogP contribution in [0.15, 0.2) is 46.2 Å². The lowest BCUT2D eigenvalue weighted by Gasteiger charge is -2.19. The van der Waals surface area contributed by atoms with Crippen LogP contribution >= 0.6 is 11.8 Å². The first-order valence-corrected chi connectivity index (χ1v) is 11.8. The summed E-state index contributed by atoms with van der Waals surface area (Å²) in [5, 5.41) is 17.3. The van der Waals surface area contributed by atoms with Crippen LogP contribution in [-0.4, -0.2) is 31.7 Å². The van der Waals surface area contributed by atoms with Crippen molar-refractivity contribution in [3.05, 3.63) is 58.7 Å².